The van der Waals surface area contributed by atoms with Crippen molar-refractivity contribution in [1.82, 2.24) is 10.3 Å². The van der Waals surface area contributed by atoms with Crippen LogP contribution in [-0.2, 0) is 0 Å². The maximum atomic E-state index is 3.89. The van der Waals surface area contributed by atoms with Crippen LogP contribution in [0.25, 0.3) is 0 Å². The normalized spacial score (nSPS) is 12.5. The lowest BCUT2D eigenvalue weighted by Gasteiger charge is -2.32. The average Bonchev–Trinajstić information content (AvgIpc) is 2.02. The maximum Gasteiger partial charge on any atom is 0.101 e. The van der Waals surface area contributed by atoms with Crippen molar-refractivity contribution in [2.45, 2.75) is 25.6 Å². The molecule has 0 heterocycles. The van der Waals surface area contributed by atoms with Gasteiger partial charge in [-0.25, -0.2) is 0 Å². The van der Waals surface area contributed by atoms with Gasteiger partial charge in [0.2, 0.25) is 0 Å². The van der Waals surface area contributed by atoms with Gasteiger partial charge in [-0.05, 0) is 25.7 Å². The first-order valence-corrected chi connectivity index (χ1v) is 4.99. The Kier molecular flexibility index (Phi) is 4.91. The largest absolute Gasteiger partial charge is 0.393 e. The highest BCUT2D eigenvalue weighted by molar-refractivity contribution is 8.04. The predicted octanol–water partition coefficient (Wildman–Crippen LogP) is 2.08. The van der Waals surface area contributed by atoms with E-state index in [4.69, 9.17) is 0 Å². The van der Waals surface area contributed by atoms with Gasteiger partial charge in [0.05, 0.1) is 0 Å². The molecular weight excluding hydrogens is 182 g/mol. The fourth-order valence-corrected chi connectivity index (χ4v) is 2.02. The van der Waals surface area contributed by atoms with Crippen LogP contribution in [0.3, 0.4) is 0 Å². The van der Waals surface area contributed by atoms with E-state index < -0.39 is 0 Å². The van der Waals surface area contributed by atoms with Crippen molar-refractivity contribution in [1.29, 1.82) is 0 Å². The van der Waals surface area contributed by atoms with Crippen molar-refractivity contribution in [3.8, 4) is 0 Å². The van der Waals surface area contributed by atoms with Crippen molar-refractivity contribution >= 4 is 18.5 Å². The zero-order chi connectivity index (χ0) is 10.5. The van der Waals surface area contributed by atoms with Crippen LogP contribution < -0.4 is 5.32 Å². The van der Waals surface area contributed by atoms with E-state index in [9.17, 15) is 0 Å². The average molecular weight is 201 g/mol. The molecule has 4 heteroatoms. The Morgan fingerprint density at radius 2 is 2.15 bits per heavy atom. The van der Waals surface area contributed by atoms with Gasteiger partial charge in [0.25, 0.3) is 0 Å². The monoisotopic (exact) mass is 201 g/mol. The van der Waals surface area contributed by atoms with E-state index in [1.807, 2.05) is 25.3 Å². The predicted molar refractivity (Wildman–Crippen MR) is 61.8 cm³/mol. The van der Waals surface area contributed by atoms with Gasteiger partial charge in [-0.15, -0.1) is 11.8 Å². The highest BCUT2D eigenvalue weighted by Gasteiger charge is 2.23. The molecule has 0 amide bonds. The molecule has 0 bridgehead atoms. The lowest BCUT2D eigenvalue weighted by Crippen LogP contribution is -2.33. The van der Waals surface area contributed by atoms with Crippen LogP contribution in [0.15, 0.2) is 16.2 Å². The van der Waals surface area contributed by atoms with E-state index in [0.29, 0.717) is 0 Å². The van der Waals surface area contributed by atoms with Crippen LogP contribution in [-0.4, -0.2) is 30.7 Å². The lowest BCUT2D eigenvalue weighted by atomic mass is 10.4. The van der Waals surface area contributed by atoms with Crippen LogP contribution in [0, 0.1) is 0 Å². The lowest BCUT2D eigenvalue weighted by molar-refractivity contribution is 0.259. The molecule has 13 heavy (non-hydrogen) atoms. The quantitative estimate of drug-likeness (QED) is 0.419. The second-order valence-electron chi connectivity index (χ2n) is 3.26. The van der Waals surface area contributed by atoms with Gasteiger partial charge in [-0.1, -0.05) is 0 Å². The molecule has 0 spiro atoms. The summed E-state index contributed by atoms with van der Waals surface area (Å²) in [6.07, 6.45) is 1.98. The number of hydrazone groups is 1. The Balaban J connectivity index is 4.32. The van der Waals surface area contributed by atoms with Gasteiger partial charge in [0.15, 0.2) is 0 Å². The Bertz CT molecular complexity index is 199. The van der Waals surface area contributed by atoms with Gasteiger partial charge in [-0.3, -0.25) is 5.01 Å². The fourth-order valence-electron chi connectivity index (χ4n) is 0.863. The van der Waals surface area contributed by atoms with Crippen LogP contribution in [0.5, 0.6) is 0 Å². The third-order valence-electron chi connectivity index (χ3n) is 1.75. The summed E-state index contributed by atoms with van der Waals surface area (Å²) in [5.41, 5.74) is 0. The number of allylic oxidation sites excluding steroid dienone is 1. The molecule has 0 unspecified atom stereocenters. The molecule has 0 rings (SSSR count). The smallest absolute Gasteiger partial charge is 0.101 e. The molecule has 0 atom stereocenters. The van der Waals surface area contributed by atoms with E-state index in [0.717, 1.165) is 0 Å². The summed E-state index contributed by atoms with van der Waals surface area (Å²) in [5.74, 6) is 0. The molecule has 0 saturated carbocycles. The molecule has 0 aliphatic carbocycles. The zero-order valence-corrected chi connectivity index (χ0v) is 9.90. The molecular formula is C9H19N3S. The van der Waals surface area contributed by atoms with Crippen LogP contribution in [0.4, 0.5) is 0 Å². The number of nitrogens with zero attached hydrogens (tertiary/aromatic N) is 2. The first-order valence-electron chi connectivity index (χ1n) is 4.17. The standard InChI is InChI=1S/C9H19N3S/c1-8(7-10-4)13-9(2,3)12(6)11-5/h7,10H,5H2,1-4,6H3/b8-7-. The molecule has 0 fully saturated rings. The Hall–Kier alpha value is -0.640. The minimum Gasteiger partial charge on any atom is -0.393 e. The molecule has 1 N–H and O–H groups in total. The molecule has 0 aromatic carbocycles. The minimum absolute atomic E-state index is 0.0564. The summed E-state index contributed by atoms with van der Waals surface area (Å²) in [5, 5.41) is 8.74. The third-order valence-corrected chi connectivity index (χ3v) is 2.95. The molecule has 0 aliphatic heterocycles. The number of thioether (sulfide) groups is 1. The van der Waals surface area contributed by atoms with Crippen molar-refractivity contribution in [2.24, 2.45) is 5.10 Å². The molecule has 0 saturated heterocycles. The van der Waals surface area contributed by atoms with Crippen molar-refractivity contribution in [3.05, 3.63) is 11.1 Å². The second-order valence-corrected chi connectivity index (χ2v) is 5.10. The van der Waals surface area contributed by atoms with Gasteiger partial charge in [-0.2, -0.15) is 5.10 Å². The summed E-state index contributed by atoms with van der Waals surface area (Å²) in [7, 11) is 3.82. The zero-order valence-electron chi connectivity index (χ0n) is 9.09. The fraction of sp³-hybridized carbons (Fsp3) is 0.667. The highest BCUT2D eigenvalue weighted by atomic mass is 32.2. The van der Waals surface area contributed by atoms with Crippen LogP contribution in [0.2, 0.25) is 0 Å². The van der Waals surface area contributed by atoms with E-state index in [1.165, 1.54) is 4.91 Å². The molecule has 76 valence electrons. The molecule has 0 aromatic heterocycles. The van der Waals surface area contributed by atoms with Gasteiger partial charge >= 0.3 is 0 Å². The molecule has 0 aliphatic rings. The Morgan fingerprint density at radius 3 is 2.54 bits per heavy atom. The summed E-state index contributed by atoms with van der Waals surface area (Å²) in [6.45, 7) is 9.80. The molecule has 0 radical (unpaired) electrons. The minimum atomic E-state index is -0.0564. The Labute approximate surface area is 85.3 Å². The van der Waals surface area contributed by atoms with Crippen molar-refractivity contribution < 1.29 is 0 Å². The third kappa shape index (κ3) is 4.22. The van der Waals surface area contributed by atoms with E-state index in [1.54, 1.807) is 11.8 Å². The van der Waals surface area contributed by atoms with E-state index in [-0.39, 0.29) is 4.87 Å². The van der Waals surface area contributed by atoms with Gasteiger partial charge in [0, 0.05) is 27.0 Å². The van der Waals surface area contributed by atoms with E-state index >= 15 is 0 Å². The maximum absolute atomic E-state index is 3.89. The van der Waals surface area contributed by atoms with Gasteiger partial charge < -0.3 is 5.32 Å². The van der Waals surface area contributed by atoms with Crippen LogP contribution in [0.1, 0.15) is 20.8 Å². The molecule has 0 aromatic rings. The molecule has 3 nitrogen and oxygen atoms in total. The number of hydrogen-bond acceptors (Lipinski definition) is 4. The first-order chi connectivity index (χ1) is 5.94. The summed E-state index contributed by atoms with van der Waals surface area (Å²) < 4.78 is 0. The summed E-state index contributed by atoms with van der Waals surface area (Å²) in [4.78, 5) is 1.17. The second kappa shape index (κ2) is 5.17. The number of rotatable bonds is 5. The van der Waals surface area contributed by atoms with Crippen LogP contribution >= 0.6 is 11.8 Å². The topological polar surface area (TPSA) is 27.6 Å². The first kappa shape index (κ1) is 12.4. The SMILES string of the molecule is C=NN(C)C(C)(C)S/C(C)=C\NC. The van der Waals surface area contributed by atoms with Gasteiger partial charge in [0.1, 0.15) is 4.87 Å². The summed E-state index contributed by atoms with van der Waals surface area (Å²) >= 11 is 1.75. The van der Waals surface area contributed by atoms with Crippen molar-refractivity contribution in [3.63, 3.8) is 0 Å². The van der Waals surface area contributed by atoms with Crippen molar-refractivity contribution in [2.75, 3.05) is 14.1 Å². The van der Waals surface area contributed by atoms with E-state index in [2.05, 4.69) is 37.9 Å². The Morgan fingerprint density at radius 1 is 1.62 bits per heavy atom. The number of nitrogens with one attached hydrogen (secondary N) is 1. The summed E-state index contributed by atoms with van der Waals surface area (Å²) in [6, 6.07) is 0. The highest BCUT2D eigenvalue weighted by Crippen LogP contribution is 2.33. The number of hydrogen-bond donors (Lipinski definition) is 1.